The second kappa shape index (κ2) is 3.15. The van der Waals surface area contributed by atoms with Gasteiger partial charge in [0.25, 0.3) is 0 Å². The maximum Gasteiger partial charge on any atom is 0.155 e. The van der Waals surface area contributed by atoms with Crippen molar-refractivity contribution in [3.63, 3.8) is 0 Å². The van der Waals surface area contributed by atoms with E-state index in [1.54, 1.807) is 0 Å². The van der Waals surface area contributed by atoms with Gasteiger partial charge < -0.3 is 14.6 Å². The lowest BCUT2D eigenvalue weighted by atomic mass is 10.3. The highest BCUT2D eigenvalue weighted by atomic mass is 16.7. The van der Waals surface area contributed by atoms with Gasteiger partial charge in [-0.05, 0) is 13.3 Å². The largest absolute Gasteiger partial charge is 0.396 e. The highest BCUT2D eigenvalue weighted by Gasteiger charge is 2.20. The summed E-state index contributed by atoms with van der Waals surface area (Å²) >= 11 is 0. The molecule has 0 saturated carbocycles. The molecule has 2 atom stereocenters. The Balaban J connectivity index is 2.14. The van der Waals surface area contributed by atoms with Gasteiger partial charge in [0.15, 0.2) is 6.29 Å². The molecule has 1 N–H and O–H groups in total. The topological polar surface area (TPSA) is 38.7 Å². The zero-order valence-electron chi connectivity index (χ0n) is 5.54. The highest BCUT2D eigenvalue weighted by Crippen LogP contribution is 2.12. The van der Waals surface area contributed by atoms with Gasteiger partial charge in [-0.1, -0.05) is 0 Å². The fourth-order valence-corrected chi connectivity index (χ4v) is 0.888. The van der Waals surface area contributed by atoms with E-state index in [4.69, 9.17) is 14.6 Å². The zero-order valence-corrected chi connectivity index (χ0v) is 5.54. The van der Waals surface area contributed by atoms with Crippen LogP contribution < -0.4 is 0 Å². The third kappa shape index (κ3) is 1.93. The smallest absolute Gasteiger partial charge is 0.155 e. The van der Waals surface area contributed by atoms with E-state index in [1.165, 1.54) is 0 Å². The Kier molecular flexibility index (Phi) is 2.45. The molecule has 1 saturated heterocycles. The van der Waals surface area contributed by atoms with Crippen LogP contribution in [0.15, 0.2) is 0 Å². The van der Waals surface area contributed by atoms with Crippen molar-refractivity contribution in [2.24, 2.45) is 0 Å². The number of rotatable bonds is 2. The third-order valence-corrected chi connectivity index (χ3v) is 1.35. The Hall–Kier alpha value is -0.120. The van der Waals surface area contributed by atoms with Crippen LogP contribution in [0.25, 0.3) is 0 Å². The third-order valence-electron chi connectivity index (χ3n) is 1.35. The first-order valence-corrected chi connectivity index (χ1v) is 3.21. The van der Waals surface area contributed by atoms with Gasteiger partial charge in [0.2, 0.25) is 0 Å². The minimum Gasteiger partial charge on any atom is -0.396 e. The van der Waals surface area contributed by atoms with Gasteiger partial charge in [0, 0.05) is 6.61 Å². The molecule has 0 aliphatic carbocycles. The van der Waals surface area contributed by atoms with E-state index in [0.29, 0.717) is 13.0 Å². The minimum absolute atomic E-state index is 0.0819. The Morgan fingerprint density at radius 2 is 2.44 bits per heavy atom. The molecule has 1 fully saturated rings. The Morgan fingerprint density at radius 1 is 1.67 bits per heavy atom. The van der Waals surface area contributed by atoms with Crippen LogP contribution in [-0.4, -0.2) is 30.7 Å². The average Bonchev–Trinajstić information content (AvgIpc) is 2.17. The lowest BCUT2D eigenvalue weighted by Crippen LogP contribution is -2.11. The standard InChI is InChI=1S/C6H12O3/c1-5-8-4-6(9-5)2-3-7/h5-7H,2-4H2,1H3/t5?,6-/m1/s1. The molecule has 1 aliphatic heterocycles. The van der Waals surface area contributed by atoms with Gasteiger partial charge in [0.05, 0.1) is 12.7 Å². The van der Waals surface area contributed by atoms with Crippen LogP contribution in [0, 0.1) is 0 Å². The Bertz CT molecular complexity index is 82.4. The molecule has 3 heteroatoms. The molecule has 1 unspecified atom stereocenters. The summed E-state index contributed by atoms with van der Waals surface area (Å²) in [5.74, 6) is 0. The van der Waals surface area contributed by atoms with Crippen LogP contribution >= 0.6 is 0 Å². The van der Waals surface area contributed by atoms with Gasteiger partial charge in [-0.25, -0.2) is 0 Å². The van der Waals surface area contributed by atoms with Crippen molar-refractivity contribution in [3.05, 3.63) is 0 Å². The van der Waals surface area contributed by atoms with Gasteiger partial charge in [-0.15, -0.1) is 0 Å². The molecule has 1 heterocycles. The van der Waals surface area contributed by atoms with Crippen molar-refractivity contribution in [2.45, 2.75) is 25.7 Å². The fourth-order valence-electron chi connectivity index (χ4n) is 0.888. The molecule has 0 spiro atoms. The minimum atomic E-state index is -0.0819. The highest BCUT2D eigenvalue weighted by molar-refractivity contribution is 4.61. The molecule has 54 valence electrons. The molecule has 1 aliphatic rings. The molecule has 0 amide bonds. The van der Waals surface area contributed by atoms with Crippen molar-refractivity contribution in [3.8, 4) is 0 Å². The molecular formula is C6H12O3. The van der Waals surface area contributed by atoms with Crippen LogP contribution in [0.3, 0.4) is 0 Å². The summed E-state index contributed by atoms with van der Waals surface area (Å²) in [6, 6.07) is 0. The second-order valence-electron chi connectivity index (χ2n) is 2.17. The first-order chi connectivity index (χ1) is 4.33. The average molecular weight is 132 g/mol. The van der Waals surface area contributed by atoms with Gasteiger partial charge in [0.1, 0.15) is 0 Å². The van der Waals surface area contributed by atoms with E-state index in [0.717, 1.165) is 0 Å². The van der Waals surface area contributed by atoms with E-state index >= 15 is 0 Å². The predicted octanol–water partition coefficient (Wildman–Crippen LogP) is 0.130. The SMILES string of the molecule is CC1OC[C@@H](CCO)O1. The van der Waals surface area contributed by atoms with Crippen molar-refractivity contribution in [2.75, 3.05) is 13.2 Å². The van der Waals surface area contributed by atoms with E-state index in [9.17, 15) is 0 Å². The Labute approximate surface area is 54.6 Å². The lowest BCUT2D eigenvalue weighted by Gasteiger charge is -2.04. The molecule has 0 aromatic carbocycles. The van der Waals surface area contributed by atoms with Crippen LogP contribution in [-0.2, 0) is 9.47 Å². The summed E-state index contributed by atoms with van der Waals surface area (Å²) in [6.07, 6.45) is 0.719. The number of aliphatic hydroxyl groups excluding tert-OH is 1. The van der Waals surface area contributed by atoms with Gasteiger partial charge in [-0.2, -0.15) is 0 Å². The fraction of sp³-hybridized carbons (Fsp3) is 1.00. The molecule has 1 rings (SSSR count). The van der Waals surface area contributed by atoms with E-state index in [1.807, 2.05) is 6.92 Å². The Morgan fingerprint density at radius 3 is 2.89 bits per heavy atom. The van der Waals surface area contributed by atoms with E-state index < -0.39 is 0 Å². The summed E-state index contributed by atoms with van der Waals surface area (Å²) in [5, 5.41) is 8.48. The molecule has 9 heavy (non-hydrogen) atoms. The van der Waals surface area contributed by atoms with Crippen molar-refractivity contribution in [1.82, 2.24) is 0 Å². The summed E-state index contributed by atoms with van der Waals surface area (Å²) in [6.45, 7) is 2.67. The monoisotopic (exact) mass is 132 g/mol. The summed E-state index contributed by atoms with van der Waals surface area (Å²) in [5.41, 5.74) is 0. The van der Waals surface area contributed by atoms with Crippen LogP contribution in [0.2, 0.25) is 0 Å². The van der Waals surface area contributed by atoms with Crippen molar-refractivity contribution >= 4 is 0 Å². The molecule has 0 bridgehead atoms. The summed E-state index contributed by atoms with van der Waals surface area (Å²) < 4.78 is 10.3. The molecule has 0 aromatic rings. The maximum atomic E-state index is 8.48. The van der Waals surface area contributed by atoms with Crippen LogP contribution in [0.5, 0.6) is 0 Å². The van der Waals surface area contributed by atoms with E-state index in [2.05, 4.69) is 0 Å². The maximum absolute atomic E-state index is 8.48. The summed E-state index contributed by atoms with van der Waals surface area (Å²) in [4.78, 5) is 0. The molecule has 0 aromatic heterocycles. The first kappa shape index (κ1) is 6.99. The van der Waals surface area contributed by atoms with Crippen molar-refractivity contribution < 1.29 is 14.6 Å². The van der Waals surface area contributed by atoms with Crippen LogP contribution in [0.1, 0.15) is 13.3 Å². The normalized spacial score (nSPS) is 35.3. The molecule has 3 nitrogen and oxygen atoms in total. The van der Waals surface area contributed by atoms with E-state index in [-0.39, 0.29) is 19.0 Å². The second-order valence-corrected chi connectivity index (χ2v) is 2.17. The lowest BCUT2D eigenvalue weighted by molar-refractivity contribution is -0.0450. The number of ether oxygens (including phenoxy) is 2. The van der Waals surface area contributed by atoms with Gasteiger partial charge >= 0.3 is 0 Å². The molecular weight excluding hydrogens is 120 g/mol. The molecule has 0 radical (unpaired) electrons. The van der Waals surface area contributed by atoms with Gasteiger partial charge in [-0.3, -0.25) is 0 Å². The number of aliphatic hydroxyl groups is 1. The summed E-state index contributed by atoms with van der Waals surface area (Å²) in [7, 11) is 0. The first-order valence-electron chi connectivity index (χ1n) is 3.21. The predicted molar refractivity (Wildman–Crippen MR) is 32.0 cm³/mol. The number of hydrogen-bond donors (Lipinski definition) is 1. The zero-order chi connectivity index (χ0) is 6.69. The van der Waals surface area contributed by atoms with Crippen molar-refractivity contribution in [1.29, 1.82) is 0 Å². The quantitative estimate of drug-likeness (QED) is 0.580. The number of hydrogen-bond acceptors (Lipinski definition) is 3. The van der Waals surface area contributed by atoms with Crippen LogP contribution in [0.4, 0.5) is 0 Å².